The number of aromatic nitrogens is 1. The van der Waals surface area contributed by atoms with E-state index in [2.05, 4.69) is 5.16 Å². The van der Waals surface area contributed by atoms with Crippen LogP contribution in [0.15, 0.2) is 65.2 Å². The van der Waals surface area contributed by atoms with Crippen LogP contribution in [0.2, 0.25) is 0 Å². The number of aromatic carboxylic acids is 1. The van der Waals surface area contributed by atoms with Gasteiger partial charge in [0.1, 0.15) is 0 Å². The van der Waals surface area contributed by atoms with Gasteiger partial charge in [-0.3, -0.25) is 0 Å². The van der Waals surface area contributed by atoms with E-state index < -0.39 is 21.7 Å². The molecule has 0 atom stereocenters. The van der Waals surface area contributed by atoms with Crippen LogP contribution in [-0.4, -0.2) is 36.6 Å². The van der Waals surface area contributed by atoms with Crippen molar-refractivity contribution in [3.63, 3.8) is 0 Å². The van der Waals surface area contributed by atoms with Gasteiger partial charge in [-0.25, -0.2) is 0 Å². The predicted molar refractivity (Wildman–Crippen MR) is 112 cm³/mol. The van der Waals surface area contributed by atoms with Crippen molar-refractivity contribution in [2.75, 3.05) is 0 Å². The van der Waals surface area contributed by atoms with Crippen molar-refractivity contribution < 1.29 is 19.2 Å². The zero-order valence-electron chi connectivity index (χ0n) is 15.8. The topological polar surface area (TPSA) is 104 Å². The Hall–Kier alpha value is -3.68. The Kier molecular flexibility index (Phi) is 5.22. The Morgan fingerprint density at radius 3 is 2.63 bits per heavy atom. The van der Waals surface area contributed by atoms with Crippen molar-refractivity contribution in [1.29, 1.82) is 5.26 Å². The molecule has 0 amide bonds. The molecule has 0 unspecified atom stereocenters. The summed E-state index contributed by atoms with van der Waals surface area (Å²) in [5.74, 6) is -1.04. The van der Waals surface area contributed by atoms with Gasteiger partial charge in [-0.15, -0.1) is 0 Å². The second-order valence-corrected chi connectivity index (χ2v) is 8.96. The molecule has 0 aliphatic carbocycles. The second kappa shape index (κ2) is 7.98. The molecular weight excluding hydrogens is 443 g/mol. The van der Waals surface area contributed by atoms with Crippen LogP contribution in [0.1, 0.15) is 32.0 Å². The van der Waals surface area contributed by atoms with Gasteiger partial charge in [0.15, 0.2) is 0 Å². The number of hydrogen-bond donors (Lipinski definition) is 1. The molecule has 1 radical (unpaired) electrons. The number of carboxylic acids is 1. The van der Waals surface area contributed by atoms with Crippen LogP contribution in [0.5, 0.6) is 0 Å². The summed E-state index contributed by atoms with van der Waals surface area (Å²) >= 11 is -1.18. The Labute approximate surface area is 178 Å². The zero-order chi connectivity index (χ0) is 21.3. The number of carbonyl (C=O) groups is 2. The van der Waals surface area contributed by atoms with Crippen LogP contribution in [0.3, 0.4) is 0 Å². The van der Waals surface area contributed by atoms with E-state index in [0.29, 0.717) is 15.3 Å². The fourth-order valence-electron chi connectivity index (χ4n) is 3.20. The normalized spacial score (nSPS) is 11.1. The molecule has 3 aromatic carbocycles. The van der Waals surface area contributed by atoms with Crippen LogP contribution >= 0.6 is 0 Å². The van der Waals surface area contributed by atoms with Gasteiger partial charge in [-0.2, -0.15) is 0 Å². The first-order valence-corrected chi connectivity index (χ1v) is 10.8. The van der Waals surface area contributed by atoms with Crippen LogP contribution in [0.4, 0.5) is 0 Å². The van der Waals surface area contributed by atoms with Gasteiger partial charge in [-0.05, 0) is 0 Å². The van der Waals surface area contributed by atoms with Gasteiger partial charge in [0.2, 0.25) is 0 Å². The fourth-order valence-corrected chi connectivity index (χ4v) is 5.11. The molecule has 145 valence electrons. The first-order chi connectivity index (χ1) is 14.5. The molecule has 1 N–H and O–H groups in total. The third-order valence-electron chi connectivity index (χ3n) is 4.71. The van der Waals surface area contributed by atoms with Crippen LogP contribution in [0, 0.1) is 18.3 Å². The minimum atomic E-state index is -1.18. The summed E-state index contributed by atoms with van der Waals surface area (Å²) in [5, 5.41) is 23.0. The van der Waals surface area contributed by atoms with Crippen molar-refractivity contribution >= 4 is 41.5 Å². The van der Waals surface area contributed by atoms with E-state index in [-0.39, 0.29) is 21.5 Å². The summed E-state index contributed by atoms with van der Waals surface area (Å²) in [6.07, 6.45) is 0. The molecule has 6 nitrogen and oxygen atoms in total. The van der Waals surface area contributed by atoms with Gasteiger partial charge < -0.3 is 0 Å². The number of hydrogen-bond acceptors (Lipinski definition) is 5. The minimum absolute atomic E-state index is 0.0342. The standard InChI is InChI=1S/C23H14AsN2O4/c1-13-4-2-3-5-16(13)15-7-8-17-20(11-15)26-30-21(17)22(27)24-19-9-6-14(12-25)10-18(19)23(28)29/h2-11H,1H3,(H,28,29). The van der Waals surface area contributed by atoms with E-state index in [0.717, 1.165) is 16.7 Å². The quantitative estimate of drug-likeness (QED) is 0.460. The predicted octanol–water partition coefficient (Wildman–Crippen LogP) is 3.54. The summed E-state index contributed by atoms with van der Waals surface area (Å²) < 4.78 is 5.46. The number of nitriles is 1. The maximum absolute atomic E-state index is 12.9. The number of carbonyl (C=O) groups excluding carboxylic acids is 1. The SMILES string of the molecule is Cc1ccccc1-c1ccc2c(C(=O)[As]c3ccc(C#N)cc3C(=O)O)onc2c1. The zero-order valence-corrected chi connectivity index (χ0v) is 17.7. The van der Waals surface area contributed by atoms with Gasteiger partial charge in [-0.1, -0.05) is 0 Å². The molecular formula is C23H14AsN2O4. The third-order valence-corrected chi connectivity index (χ3v) is 6.88. The number of rotatable bonds is 5. The second-order valence-electron chi connectivity index (χ2n) is 6.62. The third kappa shape index (κ3) is 3.63. The average molecular weight is 457 g/mol. The van der Waals surface area contributed by atoms with Crippen molar-refractivity contribution in [3.05, 3.63) is 83.1 Å². The van der Waals surface area contributed by atoms with E-state index >= 15 is 0 Å². The molecule has 7 heteroatoms. The summed E-state index contributed by atoms with van der Waals surface area (Å²) in [6.45, 7) is 2.03. The molecule has 0 aliphatic heterocycles. The van der Waals surface area contributed by atoms with E-state index in [4.69, 9.17) is 9.78 Å². The van der Waals surface area contributed by atoms with E-state index in [9.17, 15) is 14.7 Å². The molecule has 0 saturated heterocycles. The molecule has 0 saturated carbocycles. The summed E-state index contributed by atoms with van der Waals surface area (Å²) in [6, 6.07) is 19.8. The summed E-state index contributed by atoms with van der Waals surface area (Å²) in [4.78, 5) is 24.4. The average Bonchev–Trinajstić information content (AvgIpc) is 3.17. The Morgan fingerprint density at radius 2 is 1.90 bits per heavy atom. The summed E-state index contributed by atoms with van der Waals surface area (Å²) in [7, 11) is 0. The number of aryl methyl sites for hydroxylation is 1. The Morgan fingerprint density at radius 1 is 1.10 bits per heavy atom. The fraction of sp³-hybridized carbons (Fsp3) is 0.0435. The van der Waals surface area contributed by atoms with Crippen molar-refractivity contribution in [1.82, 2.24) is 5.16 Å². The van der Waals surface area contributed by atoms with Gasteiger partial charge >= 0.3 is 178 Å². The molecule has 0 spiro atoms. The Bertz CT molecular complexity index is 1350. The van der Waals surface area contributed by atoms with E-state index in [1.165, 1.54) is 18.2 Å². The Balaban J connectivity index is 1.68. The molecule has 0 bridgehead atoms. The molecule has 4 rings (SSSR count). The van der Waals surface area contributed by atoms with Crippen molar-refractivity contribution in [3.8, 4) is 17.2 Å². The van der Waals surface area contributed by atoms with Crippen LogP contribution in [0.25, 0.3) is 22.0 Å². The van der Waals surface area contributed by atoms with E-state index in [1.54, 1.807) is 6.07 Å². The monoisotopic (exact) mass is 457 g/mol. The molecule has 30 heavy (non-hydrogen) atoms. The molecule has 0 fully saturated rings. The van der Waals surface area contributed by atoms with Crippen molar-refractivity contribution in [2.45, 2.75) is 6.92 Å². The van der Waals surface area contributed by atoms with E-state index in [1.807, 2.05) is 49.4 Å². The van der Waals surface area contributed by atoms with Crippen LogP contribution < -0.4 is 4.35 Å². The number of carboxylic acid groups (broad SMARTS) is 1. The van der Waals surface area contributed by atoms with Gasteiger partial charge in [0.25, 0.3) is 0 Å². The first kappa shape index (κ1) is 19.6. The number of nitrogens with zero attached hydrogens (tertiary/aromatic N) is 2. The first-order valence-electron chi connectivity index (χ1n) is 8.97. The summed E-state index contributed by atoms with van der Waals surface area (Å²) in [5.41, 5.74) is 3.95. The number of benzene rings is 3. The van der Waals surface area contributed by atoms with Crippen molar-refractivity contribution in [2.24, 2.45) is 0 Å². The molecule has 0 aliphatic rings. The van der Waals surface area contributed by atoms with Crippen LogP contribution in [-0.2, 0) is 0 Å². The molecule has 1 aromatic heterocycles. The molecule has 4 aromatic rings. The maximum atomic E-state index is 12.9. The number of fused-ring (bicyclic) bond motifs is 1. The van der Waals surface area contributed by atoms with Gasteiger partial charge in [0, 0.05) is 0 Å². The molecule has 1 heterocycles. The van der Waals surface area contributed by atoms with Gasteiger partial charge in [0.05, 0.1) is 0 Å².